The van der Waals surface area contributed by atoms with Crippen LogP contribution in [0.5, 0.6) is 0 Å². The fourth-order valence-corrected chi connectivity index (χ4v) is 3.31. The number of esters is 1. The molecule has 130 valence electrons. The predicted molar refractivity (Wildman–Crippen MR) is 92.2 cm³/mol. The molecule has 0 fully saturated rings. The molecule has 0 atom stereocenters. The van der Waals surface area contributed by atoms with E-state index in [-0.39, 0.29) is 23.1 Å². The number of ether oxygens (including phenoxy) is 1. The summed E-state index contributed by atoms with van der Waals surface area (Å²) >= 11 is 0. The lowest BCUT2D eigenvalue weighted by Crippen LogP contribution is -2.30. The molecule has 0 aliphatic heterocycles. The first-order chi connectivity index (χ1) is 11.8. The Morgan fingerprint density at radius 3 is 2.24 bits per heavy atom. The summed E-state index contributed by atoms with van der Waals surface area (Å²) in [4.78, 5) is 12.1. The number of hydrogen-bond donors (Lipinski definition) is 1. The molecule has 25 heavy (non-hydrogen) atoms. The van der Waals surface area contributed by atoms with Crippen molar-refractivity contribution in [1.82, 2.24) is 4.72 Å². The fourth-order valence-electron chi connectivity index (χ4n) is 2.06. The van der Waals surface area contributed by atoms with Crippen LogP contribution in [0.4, 0.5) is 0 Å². The summed E-state index contributed by atoms with van der Waals surface area (Å²) in [5.74, 6) is -0.551. The molecule has 0 heterocycles. The second-order valence-corrected chi connectivity index (χ2v) is 7.40. The number of hydrogen-bond acceptors (Lipinski definition) is 5. The lowest BCUT2D eigenvalue weighted by molar-refractivity contribution is 0.0472. The number of nitrogens with one attached hydrogen (secondary N) is 1. The van der Waals surface area contributed by atoms with Crippen molar-refractivity contribution in [3.05, 3.63) is 65.2 Å². The van der Waals surface area contributed by atoms with E-state index in [4.69, 9.17) is 10.00 Å². The molecule has 0 saturated carbocycles. The smallest absolute Gasteiger partial charge is 0.338 e. The SMILES string of the molecule is CC(C)NS(=O)(=O)c1ccc(C(=O)OCc2ccc(C#N)cc2)cc1. The van der Waals surface area contributed by atoms with Gasteiger partial charge >= 0.3 is 5.97 Å². The van der Waals surface area contributed by atoms with Crippen molar-refractivity contribution < 1.29 is 17.9 Å². The number of carbonyl (C=O) groups is 1. The van der Waals surface area contributed by atoms with Crippen molar-refractivity contribution in [2.75, 3.05) is 0 Å². The quantitative estimate of drug-likeness (QED) is 0.801. The van der Waals surface area contributed by atoms with Crippen LogP contribution in [0.3, 0.4) is 0 Å². The molecular weight excluding hydrogens is 340 g/mol. The number of sulfonamides is 1. The van der Waals surface area contributed by atoms with E-state index in [1.807, 2.05) is 6.07 Å². The van der Waals surface area contributed by atoms with Crippen LogP contribution in [0, 0.1) is 11.3 Å². The fraction of sp³-hybridized carbons (Fsp3) is 0.222. The van der Waals surface area contributed by atoms with Crippen molar-refractivity contribution in [2.24, 2.45) is 0 Å². The zero-order chi connectivity index (χ0) is 18.4. The van der Waals surface area contributed by atoms with Gasteiger partial charge in [0, 0.05) is 6.04 Å². The molecule has 0 bridgehead atoms. The maximum Gasteiger partial charge on any atom is 0.338 e. The zero-order valence-corrected chi connectivity index (χ0v) is 14.7. The van der Waals surface area contributed by atoms with Crippen LogP contribution in [0.15, 0.2) is 53.4 Å². The summed E-state index contributed by atoms with van der Waals surface area (Å²) < 4.78 is 31.7. The van der Waals surface area contributed by atoms with E-state index in [1.54, 1.807) is 38.1 Å². The zero-order valence-electron chi connectivity index (χ0n) is 13.9. The van der Waals surface area contributed by atoms with E-state index in [0.717, 1.165) is 5.56 Å². The Kier molecular flexibility index (Phi) is 5.91. The maximum atomic E-state index is 12.0. The average Bonchev–Trinajstić information content (AvgIpc) is 2.59. The Bertz CT molecular complexity index is 880. The summed E-state index contributed by atoms with van der Waals surface area (Å²) in [6, 6.07) is 14.0. The summed E-state index contributed by atoms with van der Waals surface area (Å²) in [6.07, 6.45) is 0. The largest absolute Gasteiger partial charge is 0.457 e. The molecule has 0 unspecified atom stereocenters. The molecule has 0 spiro atoms. The van der Waals surface area contributed by atoms with Crippen LogP contribution in [0.1, 0.15) is 35.3 Å². The van der Waals surface area contributed by atoms with E-state index in [9.17, 15) is 13.2 Å². The highest BCUT2D eigenvalue weighted by atomic mass is 32.2. The third-order valence-electron chi connectivity index (χ3n) is 3.24. The number of nitrogens with zero attached hydrogens (tertiary/aromatic N) is 1. The summed E-state index contributed by atoms with van der Waals surface area (Å²) in [5.41, 5.74) is 1.55. The lowest BCUT2D eigenvalue weighted by Gasteiger charge is -2.10. The standard InChI is InChI=1S/C18H18N2O4S/c1-13(2)20-25(22,23)17-9-7-16(8-10-17)18(21)24-12-15-5-3-14(11-19)4-6-15/h3-10,13,20H,12H2,1-2H3. The average molecular weight is 358 g/mol. The van der Waals surface area contributed by atoms with Crippen molar-refractivity contribution in [3.8, 4) is 6.07 Å². The molecule has 0 aliphatic rings. The van der Waals surface area contributed by atoms with E-state index >= 15 is 0 Å². The topological polar surface area (TPSA) is 96.3 Å². The molecule has 7 heteroatoms. The van der Waals surface area contributed by atoms with Gasteiger partial charge in [0.1, 0.15) is 6.61 Å². The first-order valence-electron chi connectivity index (χ1n) is 7.60. The summed E-state index contributed by atoms with van der Waals surface area (Å²) in [7, 11) is -3.59. The highest BCUT2D eigenvalue weighted by molar-refractivity contribution is 7.89. The highest BCUT2D eigenvalue weighted by Gasteiger charge is 2.16. The summed E-state index contributed by atoms with van der Waals surface area (Å²) in [6.45, 7) is 3.53. The Morgan fingerprint density at radius 2 is 1.72 bits per heavy atom. The van der Waals surface area contributed by atoms with Gasteiger partial charge in [0.05, 0.1) is 22.1 Å². The van der Waals surface area contributed by atoms with Crippen LogP contribution in [-0.4, -0.2) is 20.4 Å². The van der Waals surface area contributed by atoms with Gasteiger partial charge in [0.15, 0.2) is 0 Å². The van der Waals surface area contributed by atoms with Crippen molar-refractivity contribution in [3.63, 3.8) is 0 Å². The van der Waals surface area contributed by atoms with Crippen LogP contribution in [-0.2, 0) is 21.4 Å². The molecular formula is C18H18N2O4S. The first kappa shape index (κ1) is 18.6. The normalized spacial score (nSPS) is 11.1. The van der Waals surface area contributed by atoms with E-state index in [1.165, 1.54) is 24.3 Å². The molecule has 6 nitrogen and oxygen atoms in total. The van der Waals surface area contributed by atoms with Gasteiger partial charge < -0.3 is 4.74 Å². The number of rotatable bonds is 6. The Balaban J connectivity index is 2.01. The van der Waals surface area contributed by atoms with Crippen molar-refractivity contribution in [1.29, 1.82) is 5.26 Å². The van der Waals surface area contributed by atoms with Gasteiger partial charge in [0.25, 0.3) is 0 Å². The van der Waals surface area contributed by atoms with E-state index in [0.29, 0.717) is 5.56 Å². The molecule has 0 aliphatic carbocycles. The van der Waals surface area contributed by atoms with Gasteiger partial charge in [-0.2, -0.15) is 5.26 Å². The monoisotopic (exact) mass is 358 g/mol. The van der Waals surface area contributed by atoms with Gasteiger partial charge in [-0.3, -0.25) is 0 Å². The van der Waals surface area contributed by atoms with Gasteiger partial charge in [-0.05, 0) is 55.8 Å². The molecule has 0 radical (unpaired) electrons. The van der Waals surface area contributed by atoms with Gasteiger partial charge in [0.2, 0.25) is 10.0 Å². The third kappa shape index (κ3) is 5.14. The van der Waals surface area contributed by atoms with Crippen LogP contribution < -0.4 is 4.72 Å². The summed E-state index contributed by atoms with van der Waals surface area (Å²) in [5, 5.41) is 8.74. The second kappa shape index (κ2) is 7.92. The minimum absolute atomic E-state index is 0.0689. The molecule has 2 aromatic rings. The van der Waals surface area contributed by atoms with Crippen LogP contribution >= 0.6 is 0 Å². The van der Waals surface area contributed by atoms with Crippen molar-refractivity contribution >= 4 is 16.0 Å². The van der Waals surface area contributed by atoms with Crippen LogP contribution in [0.2, 0.25) is 0 Å². The third-order valence-corrected chi connectivity index (χ3v) is 4.92. The molecule has 2 aromatic carbocycles. The van der Waals surface area contributed by atoms with Gasteiger partial charge in [-0.25, -0.2) is 17.9 Å². The molecule has 2 rings (SSSR count). The second-order valence-electron chi connectivity index (χ2n) is 5.69. The highest BCUT2D eigenvalue weighted by Crippen LogP contribution is 2.13. The molecule has 0 saturated heterocycles. The predicted octanol–water partition coefficient (Wildman–Crippen LogP) is 2.60. The molecule has 0 aromatic heterocycles. The van der Waals surface area contributed by atoms with E-state index in [2.05, 4.69) is 4.72 Å². The Hall–Kier alpha value is -2.69. The van der Waals surface area contributed by atoms with E-state index < -0.39 is 16.0 Å². The molecule has 1 N–H and O–H groups in total. The van der Waals surface area contributed by atoms with Gasteiger partial charge in [-0.15, -0.1) is 0 Å². The Labute approximate surface area is 147 Å². The number of nitriles is 1. The molecule has 0 amide bonds. The van der Waals surface area contributed by atoms with Crippen LogP contribution in [0.25, 0.3) is 0 Å². The number of carbonyl (C=O) groups excluding carboxylic acids is 1. The minimum atomic E-state index is -3.59. The first-order valence-corrected chi connectivity index (χ1v) is 9.08. The van der Waals surface area contributed by atoms with Gasteiger partial charge in [-0.1, -0.05) is 12.1 Å². The van der Waals surface area contributed by atoms with Crippen molar-refractivity contribution in [2.45, 2.75) is 31.4 Å². The lowest BCUT2D eigenvalue weighted by atomic mass is 10.1. The Morgan fingerprint density at radius 1 is 1.12 bits per heavy atom. The maximum absolute atomic E-state index is 12.0. The minimum Gasteiger partial charge on any atom is -0.457 e. The number of benzene rings is 2.